The van der Waals surface area contributed by atoms with Gasteiger partial charge in [0.05, 0.1) is 12.0 Å². The molecule has 0 aliphatic heterocycles. The lowest BCUT2D eigenvalue weighted by Crippen LogP contribution is -2.06. The molecule has 1 N–H and O–H groups in total. The number of nitro groups is 1. The highest BCUT2D eigenvalue weighted by molar-refractivity contribution is 5.63. The normalized spacial score (nSPS) is 10.4. The van der Waals surface area contributed by atoms with Crippen LogP contribution in [0.4, 0.5) is 34.6 Å². The number of rotatable bonds is 4. The third-order valence-corrected chi connectivity index (χ3v) is 2.77. The molecule has 0 aliphatic carbocycles. The van der Waals surface area contributed by atoms with E-state index in [0.717, 1.165) is 31.4 Å². The molecule has 0 bridgehead atoms. The van der Waals surface area contributed by atoms with Crippen molar-refractivity contribution in [3.8, 4) is 5.75 Å². The molecule has 0 heterocycles. The maximum atomic E-state index is 13.8. The third-order valence-electron chi connectivity index (χ3n) is 2.77. The molecule has 0 saturated heterocycles. The number of benzene rings is 2. The minimum atomic E-state index is -1.69. The number of halogens is 4. The van der Waals surface area contributed by atoms with Crippen LogP contribution in [-0.4, -0.2) is 12.0 Å². The van der Waals surface area contributed by atoms with Gasteiger partial charge < -0.3 is 10.1 Å². The number of ether oxygens (including phenoxy) is 1. The Morgan fingerprint density at radius 3 is 1.91 bits per heavy atom. The van der Waals surface area contributed by atoms with E-state index < -0.39 is 39.6 Å². The quantitative estimate of drug-likeness (QED) is 0.402. The molecule has 0 fully saturated rings. The van der Waals surface area contributed by atoms with Crippen molar-refractivity contribution in [2.75, 3.05) is 12.4 Å². The Bertz CT molecular complexity index is 706. The van der Waals surface area contributed by atoms with Gasteiger partial charge in [0.15, 0.2) is 17.4 Å². The maximum absolute atomic E-state index is 13.8. The Kier molecular flexibility index (Phi) is 4.15. The summed E-state index contributed by atoms with van der Waals surface area (Å²) in [5.74, 6) is -7.90. The van der Waals surface area contributed by atoms with Crippen molar-refractivity contribution in [3.05, 3.63) is 57.6 Å². The SMILES string of the molecule is COc1c(F)c(F)c(Nc2ccc([N+](=O)[O-])cc2)c(F)c1F. The molecule has 9 heteroatoms. The van der Waals surface area contributed by atoms with Crippen molar-refractivity contribution in [1.29, 1.82) is 0 Å². The van der Waals surface area contributed by atoms with Crippen LogP contribution in [0.25, 0.3) is 0 Å². The molecule has 2 aromatic rings. The van der Waals surface area contributed by atoms with Crippen molar-refractivity contribution in [3.63, 3.8) is 0 Å². The number of hydrogen-bond donors (Lipinski definition) is 1. The van der Waals surface area contributed by atoms with Gasteiger partial charge in [-0.05, 0) is 12.1 Å². The summed E-state index contributed by atoms with van der Waals surface area (Å²) in [7, 11) is 0.865. The predicted octanol–water partition coefficient (Wildman–Crippen LogP) is 3.90. The standard InChI is InChI=1S/C13H8F4N2O3/c1-22-13-10(16)8(14)12(9(15)11(13)17)18-6-2-4-7(5-3-6)19(20)21/h2-5,18H,1H3. The fourth-order valence-corrected chi connectivity index (χ4v) is 1.71. The molecule has 0 atom stereocenters. The highest BCUT2D eigenvalue weighted by Gasteiger charge is 2.26. The second kappa shape index (κ2) is 5.88. The summed E-state index contributed by atoms with van der Waals surface area (Å²) in [4.78, 5) is 9.82. The second-order valence-corrected chi connectivity index (χ2v) is 4.09. The van der Waals surface area contributed by atoms with Gasteiger partial charge in [-0.25, -0.2) is 8.78 Å². The summed E-state index contributed by atoms with van der Waals surface area (Å²) in [6.45, 7) is 0. The van der Waals surface area contributed by atoms with Crippen LogP contribution in [0.3, 0.4) is 0 Å². The highest BCUT2D eigenvalue weighted by Crippen LogP contribution is 2.34. The molecule has 0 spiro atoms. The minimum Gasteiger partial charge on any atom is -0.491 e. The Hall–Kier alpha value is -2.84. The van der Waals surface area contributed by atoms with Crippen LogP contribution in [0.15, 0.2) is 24.3 Å². The first-order chi connectivity index (χ1) is 10.4. The molecule has 116 valence electrons. The van der Waals surface area contributed by atoms with Gasteiger partial charge >= 0.3 is 0 Å². The Labute approximate surface area is 121 Å². The number of methoxy groups -OCH3 is 1. The van der Waals surface area contributed by atoms with Crippen molar-refractivity contribution >= 4 is 17.1 Å². The molecular formula is C13H8F4N2O3. The van der Waals surface area contributed by atoms with Gasteiger partial charge in [-0.1, -0.05) is 0 Å². The average Bonchev–Trinajstić information content (AvgIpc) is 2.50. The van der Waals surface area contributed by atoms with E-state index in [0.29, 0.717) is 0 Å². The predicted molar refractivity (Wildman–Crippen MR) is 69.2 cm³/mol. The van der Waals surface area contributed by atoms with E-state index in [1.807, 2.05) is 0 Å². The lowest BCUT2D eigenvalue weighted by Gasteiger charge is -2.12. The number of nitrogens with one attached hydrogen (secondary N) is 1. The fraction of sp³-hybridized carbons (Fsp3) is 0.0769. The molecule has 2 rings (SSSR count). The second-order valence-electron chi connectivity index (χ2n) is 4.09. The zero-order valence-electron chi connectivity index (χ0n) is 11.0. The minimum absolute atomic E-state index is 0.00682. The van der Waals surface area contributed by atoms with Crippen LogP contribution in [0, 0.1) is 33.4 Å². The zero-order chi connectivity index (χ0) is 16.4. The van der Waals surface area contributed by atoms with Crippen LogP contribution < -0.4 is 10.1 Å². The molecule has 0 radical (unpaired) electrons. The Morgan fingerprint density at radius 1 is 1.00 bits per heavy atom. The van der Waals surface area contributed by atoms with Gasteiger partial charge in [0.2, 0.25) is 11.6 Å². The molecule has 0 unspecified atom stereocenters. The fourth-order valence-electron chi connectivity index (χ4n) is 1.71. The molecule has 5 nitrogen and oxygen atoms in total. The van der Waals surface area contributed by atoms with Crippen molar-refractivity contribution in [2.45, 2.75) is 0 Å². The van der Waals surface area contributed by atoms with Gasteiger partial charge in [0.1, 0.15) is 5.69 Å². The van der Waals surface area contributed by atoms with Crippen molar-refractivity contribution < 1.29 is 27.2 Å². The number of nitrogens with zero attached hydrogens (tertiary/aromatic N) is 1. The van der Waals surface area contributed by atoms with Gasteiger partial charge in [-0.2, -0.15) is 8.78 Å². The van der Waals surface area contributed by atoms with Crippen molar-refractivity contribution in [1.82, 2.24) is 0 Å². The summed E-state index contributed by atoms with van der Waals surface area (Å²) in [6.07, 6.45) is 0. The summed E-state index contributed by atoms with van der Waals surface area (Å²) in [5.41, 5.74) is -1.31. The number of hydrogen-bond acceptors (Lipinski definition) is 4. The van der Waals surface area contributed by atoms with Gasteiger partial charge in [0.25, 0.3) is 5.69 Å². The van der Waals surface area contributed by atoms with E-state index >= 15 is 0 Å². The highest BCUT2D eigenvalue weighted by atomic mass is 19.2. The van der Waals surface area contributed by atoms with Gasteiger partial charge in [0, 0.05) is 17.8 Å². The lowest BCUT2D eigenvalue weighted by atomic mass is 10.2. The monoisotopic (exact) mass is 316 g/mol. The zero-order valence-corrected chi connectivity index (χ0v) is 11.0. The summed E-state index contributed by atoms with van der Waals surface area (Å²) >= 11 is 0. The first-order valence-electron chi connectivity index (χ1n) is 5.78. The number of nitro benzene ring substituents is 1. The Morgan fingerprint density at radius 2 is 1.50 bits per heavy atom. The van der Waals surface area contributed by atoms with E-state index in [2.05, 4.69) is 10.1 Å². The topological polar surface area (TPSA) is 64.4 Å². The van der Waals surface area contributed by atoms with Gasteiger partial charge in [-0.3, -0.25) is 10.1 Å². The van der Waals surface area contributed by atoms with Crippen molar-refractivity contribution in [2.24, 2.45) is 0 Å². The molecule has 22 heavy (non-hydrogen) atoms. The number of non-ortho nitro benzene ring substituents is 1. The van der Waals surface area contributed by atoms with Gasteiger partial charge in [-0.15, -0.1) is 0 Å². The van der Waals surface area contributed by atoms with Crippen LogP contribution in [0.1, 0.15) is 0 Å². The largest absolute Gasteiger partial charge is 0.491 e. The van der Waals surface area contributed by atoms with Crippen LogP contribution in [-0.2, 0) is 0 Å². The van der Waals surface area contributed by atoms with Crippen LogP contribution in [0.5, 0.6) is 5.75 Å². The molecule has 0 aliphatic rings. The van der Waals surface area contributed by atoms with E-state index in [1.165, 1.54) is 0 Å². The average molecular weight is 316 g/mol. The summed E-state index contributed by atoms with van der Waals surface area (Å²) in [5, 5.41) is 12.6. The molecule has 2 aromatic carbocycles. The molecule has 0 amide bonds. The van der Waals surface area contributed by atoms with Crippen LogP contribution >= 0.6 is 0 Å². The third kappa shape index (κ3) is 2.65. The van der Waals surface area contributed by atoms with E-state index in [1.54, 1.807) is 0 Å². The molecule has 0 saturated carbocycles. The first kappa shape index (κ1) is 15.5. The number of anilines is 2. The smallest absolute Gasteiger partial charge is 0.269 e. The van der Waals surface area contributed by atoms with E-state index in [9.17, 15) is 27.7 Å². The van der Waals surface area contributed by atoms with E-state index in [4.69, 9.17) is 0 Å². The maximum Gasteiger partial charge on any atom is 0.269 e. The molecular weight excluding hydrogens is 308 g/mol. The van der Waals surface area contributed by atoms with E-state index in [-0.39, 0.29) is 11.4 Å². The Balaban J connectivity index is 2.43. The first-order valence-corrected chi connectivity index (χ1v) is 5.78. The molecule has 0 aromatic heterocycles. The summed E-state index contributed by atoms with van der Waals surface area (Å²) in [6, 6.07) is 4.40. The lowest BCUT2D eigenvalue weighted by molar-refractivity contribution is -0.384. The summed E-state index contributed by atoms with van der Waals surface area (Å²) < 4.78 is 58.8. The van der Waals surface area contributed by atoms with Crippen LogP contribution in [0.2, 0.25) is 0 Å².